The molecular formula is C22H26F2N6O3S. The molecule has 3 aromatic heterocycles. The second kappa shape index (κ2) is 10.1. The van der Waals surface area contributed by atoms with Crippen LogP contribution in [0.15, 0.2) is 23.8 Å². The van der Waals surface area contributed by atoms with Crippen molar-refractivity contribution in [2.45, 2.75) is 44.5 Å². The molecule has 0 radical (unpaired) electrons. The van der Waals surface area contributed by atoms with Crippen molar-refractivity contribution in [2.75, 3.05) is 30.4 Å². The number of halogens is 2. The van der Waals surface area contributed by atoms with Gasteiger partial charge in [0.2, 0.25) is 0 Å². The number of anilines is 3. The Labute approximate surface area is 199 Å². The second-order valence-corrected chi connectivity index (χ2v) is 9.46. The van der Waals surface area contributed by atoms with Crippen LogP contribution in [0.1, 0.15) is 37.0 Å². The lowest BCUT2D eigenvalue weighted by Gasteiger charge is -2.26. The Balaban J connectivity index is 1.57. The van der Waals surface area contributed by atoms with Crippen molar-refractivity contribution in [3.63, 3.8) is 0 Å². The summed E-state index contributed by atoms with van der Waals surface area (Å²) in [6, 6.07) is 2.83. The number of thiazole rings is 1. The number of amides is 1. The Morgan fingerprint density at radius 2 is 2.21 bits per heavy atom. The second-order valence-electron chi connectivity index (χ2n) is 8.63. The van der Waals surface area contributed by atoms with Crippen LogP contribution in [-0.2, 0) is 4.74 Å². The molecule has 34 heavy (non-hydrogen) atoms. The van der Waals surface area contributed by atoms with Crippen LogP contribution in [0, 0.1) is 5.82 Å². The molecule has 9 nitrogen and oxygen atoms in total. The molecule has 0 spiro atoms. The molecule has 1 aliphatic rings. The van der Waals surface area contributed by atoms with Crippen molar-refractivity contribution in [2.24, 2.45) is 0 Å². The molecule has 2 atom stereocenters. The summed E-state index contributed by atoms with van der Waals surface area (Å²) in [5.74, 6) is -0.886. The summed E-state index contributed by atoms with van der Waals surface area (Å²) in [7, 11) is 0. The predicted molar refractivity (Wildman–Crippen MR) is 126 cm³/mol. The van der Waals surface area contributed by atoms with Crippen LogP contribution in [0.3, 0.4) is 0 Å². The standard InChI is InChI=1S/C22H26F2N6O3S/c1-22(2,32)17(24)9-26-20(31)13-8-25-18(7-15(13)28-12-4-3-5-33-10-12)29-19-14(23)6-16-21(30-19)34-11-27-16/h6-8,11-12,17,32H,3-5,9-10H2,1-2H3,(H,26,31)(H2,25,28,29,30)/t12?,17-/m1/s1. The van der Waals surface area contributed by atoms with E-state index in [-0.39, 0.29) is 29.8 Å². The molecule has 4 heterocycles. The van der Waals surface area contributed by atoms with Crippen LogP contribution in [0.5, 0.6) is 0 Å². The first-order valence-electron chi connectivity index (χ1n) is 10.9. The maximum absolute atomic E-state index is 14.5. The van der Waals surface area contributed by atoms with E-state index in [1.807, 2.05) is 0 Å². The van der Waals surface area contributed by atoms with Crippen LogP contribution in [0.25, 0.3) is 10.3 Å². The molecule has 4 rings (SSSR count). The molecule has 1 fully saturated rings. The number of alkyl halides is 1. The van der Waals surface area contributed by atoms with Crippen LogP contribution >= 0.6 is 11.3 Å². The smallest absolute Gasteiger partial charge is 0.255 e. The number of nitrogens with one attached hydrogen (secondary N) is 3. The zero-order valence-corrected chi connectivity index (χ0v) is 19.6. The number of rotatable bonds is 8. The SMILES string of the molecule is CC(C)(O)[C@H](F)CNC(=O)c1cnc(Nc2nc3scnc3cc2F)cc1NC1CCCOC1. The first-order valence-corrected chi connectivity index (χ1v) is 11.7. The Kier molecular flexibility index (Phi) is 7.19. The first kappa shape index (κ1) is 24.2. The summed E-state index contributed by atoms with van der Waals surface area (Å²) in [6.07, 6.45) is 1.39. The Morgan fingerprint density at radius 3 is 2.94 bits per heavy atom. The largest absolute Gasteiger partial charge is 0.387 e. The number of aliphatic hydroxyl groups is 1. The monoisotopic (exact) mass is 492 g/mol. The average molecular weight is 493 g/mol. The lowest BCUT2D eigenvalue weighted by atomic mass is 10.0. The summed E-state index contributed by atoms with van der Waals surface area (Å²) in [6.45, 7) is 3.44. The topological polar surface area (TPSA) is 121 Å². The van der Waals surface area contributed by atoms with E-state index in [2.05, 4.69) is 30.9 Å². The van der Waals surface area contributed by atoms with Gasteiger partial charge in [-0.3, -0.25) is 4.79 Å². The molecule has 3 aromatic rings. The van der Waals surface area contributed by atoms with Crippen molar-refractivity contribution < 1.29 is 23.4 Å². The van der Waals surface area contributed by atoms with Crippen molar-refractivity contribution >= 4 is 44.9 Å². The fourth-order valence-electron chi connectivity index (χ4n) is 3.41. The van der Waals surface area contributed by atoms with Gasteiger partial charge in [0, 0.05) is 31.0 Å². The number of nitrogens with zero attached hydrogens (tertiary/aromatic N) is 3. The Morgan fingerprint density at radius 1 is 1.38 bits per heavy atom. The minimum absolute atomic E-state index is 0.0150. The van der Waals surface area contributed by atoms with E-state index in [4.69, 9.17) is 4.74 Å². The lowest BCUT2D eigenvalue weighted by molar-refractivity contribution is -0.00177. The van der Waals surface area contributed by atoms with Gasteiger partial charge in [-0.25, -0.2) is 23.7 Å². The zero-order chi connectivity index (χ0) is 24.3. The van der Waals surface area contributed by atoms with E-state index in [1.165, 1.54) is 37.4 Å². The maximum atomic E-state index is 14.5. The van der Waals surface area contributed by atoms with Crippen LogP contribution in [0.4, 0.5) is 26.1 Å². The van der Waals surface area contributed by atoms with E-state index in [1.54, 1.807) is 11.6 Å². The minimum Gasteiger partial charge on any atom is -0.387 e. The van der Waals surface area contributed by atoms with E-state index in [9.17, 15) is 18.7 Å². The molecule has 1 saturated heterocycles. The van der Waals surface area contributed by atoms with Gasteiger partial charge in [0.05, 0.1) is 35.5 Å². The highest BCUT2D eigenvalue weighted by molar-refractivity contribution is 7.16. The van der Waals surface area contributed by atoms with Gasteiger partial charge in [0.1, 0.15) is 22.3 Å². The van der Waals surface area contributed by atoms with Gasteiger partial charge in [-0.15, -0.1) is 11.3 Å². The quantitative estimate of drug-likeness (QED) is 0.378. The van der Waals surface area contributed by atoms with Crippen molar-refractivity contribution in [3.8, 4) is 0 Å². The molecule has 12 heteroatoms. The maximum Gasteiger partial charge on any atom is 0.255 e. The molecule has 4 N–H and O–H groups in total. The minimum atomic E-state index is -1.65. The van der Waals surface area contributed by atoms with E-state index in [0.717, 1.165) is 12.8 Å². The third-order valence-electron chi connectivity index (χ3n) is 5.40. The van der Waals surface area contributed by atoms with Gasteiger partial charge in [0.15, 0.2) is 11.6 Å². The summed E-state index contributed by atoms with van der Waals surface area (Å²) >= 11 is 1.29. The first-order chi connectivity index (χ1) is 16.2. The number of carbonyl (C=O) groups is 1. The highest BCUT2D eigenvalue weighted by Crippen LogP contribution is 2.27. The number of pyridine rings is 2. The molecule has 0 bridgehead atoms. The molecular weight excluding hydrogens is 466 g/mol. The summed E-state index contributed by atoms with van der Waals surface area (Å²) in [5.41, 5.74) is 1.08. The van der Waals surface area contributed by atoms with Crippen LogP contribution in [-0.4, -0.2) is 63.5 Å². The van der Waals surface area contributed by atoms with Crippen molar-refractivity contribution in [3.05, 3.63) is 35.2 Å². The van der Waals surface area contributed by atoms with E-state index in [0.29, 0.717) is 29.2 Å². The van der Waals surface area contributed by atoms with E-state index >= 15 is 0 Å². The number of aromatic nitrogens is 3. The van der Waals surface area contributed by atoms with Gasteiger partial charge >= 0.3 is 0 Å². The summed E-state index contributed by atoms with van der Waals surface area (Å²) < 4.78 is 34.1. The summed E-state index contributed by atoms with van der Waals surface area (Å²) in [4.78, 5) is 25.9. The number of hydrogen-bond donors (Lipinski definition) is 4. The fraction of sp³-hybridized carbons (Fsp3) is 0.455. The highest BCUT2D eigenvalue weighted by Gasteiger charge is 2.27. The van der Waals surface area contributed by atoms with Crippen LogP contribution < -0.4 is 16.0 Å². The van der Waals surface area contributed by atoms with Crippen molar-refractivity contribution in [1.29, 1.82) is 0 Å². The highest BCUT2D eigenvalue weighted by atomic mass is 32.1. The zero-order valence-electron chi connectivity index (χ0n) is 18.8. The molecule has 1 unspecified atom stereocenters. The summed E-state index contributed by atoms with van der Waals surface area (Å²) in [5, 5.41) is 18.4. The molecule has 1 aliphatic heterocycles. The van der Waals surface area contributed by atoms with Gasteiger partial charge in [-0.2, -0.15) is 0 Å². The van der Waals surface area contributed by atoms with Gasteiger partial charge in [-0.1, -0.05) is 0 Å². The van der Waals surface area contributed by atoms with Gasteiger partial charge < -0.3 is 25.8 Å². The Hall–Kier alpha value is -2.96. The molecule has 182 valence electrons. The molecule has 0 saturated carbocycles. The normalized spacial score (nSPS) is 17.4. The average Bonchev–Trinajstić information content (AvgIpc) is 3.24. The van der Waals surface area contributed by atoms with Crippen molar-refractivity contribution in [1.82, 2.24) is 20.3 Å². The van der Waals surface area contributed by atoms with Gasteiger partial charge in [0.25, 0.3) is 5.91 Å². The molecule has 0 aliphatic carbocycles. The number of fused-ring (bicyclic) bond motifs is 1. The third-order valence-corrected chi connectivity index (χ3v) is 6.14. The van der Waals surface area contributed by atoms with Gasteiger partial charge in [-0.05, 0) is 26.7 Å². The third kappa shape index (κ3) is 5.75. The van der Waals surface area contributed by atoms with E-state index < -0.39 is 23.5 Å². The van der Waals surface area contributed by atoms with Crippen LogP contribution in [0.2, 0.25) is 0 Å². The number of carbonyl (C=O) groups excluding carboxylic acids is 1. The number of ether oxygens (including phenoxy) is 1. The predicted octanol–water partition coefficient (Wildman–Crippen LogP) is 3.40. The fourth-order valence-corrected chi connectivity index (χ4v) is 4.05. The molecule has 0 aromatic carbocycles. The number of hydrogen-bond acceptors (Lipinski definition) is 9. The lowest BCUT2D eigenvalue weighted by Crippen LogP contribution is -2.42. The molecule has 1 amide bonds. The Bertz CT molecular complexity index is 1160.